The Hall–Kier alpha value is -0.930. The van der Waals surface area contributed by atoms with E-state index in [0.717, 1.165) is 5.56 Å². The molecule has 0 radical (unpaired) electrons. The number of ether oxygens (including phenoxy) is 2. The Balaban J connectivity index is 2.32. The molecule has 1 atom stereocenters. The molecule has 3 nitrogen and oxygen atoms in total. The van der Waals surface area contributed by atoms with Crippen molar-refractivity contribution in [1.82, 2.24) is 0 Å². The third-order valence-corrected chi connectivity index (χ3v) is 3.19. The van der Waals surface area contributed by atoms with Crippen LogP contribution in [0.5, 0.6) is 11.5 Å². The summed E-state index contributed by atoms with van der Waals surface area (Å²) in [6.07, 6.45) is 0. The number of halogens is 1. The predicted octanol–water partition coefficient (Wildman–Crippen LogP) is 2.68. The van der Waals surface area contributed by atoms with Gasteiger partial charge in [-0.15, -0.1) is 11.6 Å². The van der Waals surface area contributed by atoms with Crippen molar-refractivity contribution in [3.05, 3.63) is 23.8 Å². The zero-order valence-corrected chi connectivity index (χ0v) is 11.0. The molecular weight excluding hydrogens is 240 g/mol. The highest BCUT2D eigenvalue weighted by Gasteiger charge is 2.35. The molecule has 0 fully saturated rings. The maximum atomic E-state index is 9.88. The normalized spacial score (nSPS) is 23.6. The SMILES string of the molecule is CC(C)(C)c1ccc2c(c1)OCC(O)(CCl)O2. The Morgan fingerprint density at radius 2 is 2.06 bits per heavy atom. The summed E-state index contributed by atoms with van der Waals surface area (Å²) in [6.45, 7) is 6.45. The van der Waals surface area contributed by atoms with Gasteiger partial charge in [0.05, 0.1) is 5.88 Å². The lowest BCUT2D eigenvalue weighted by Crippen LogP contribution is -2.46. The van der Waals surface area contributed by atoms with E-state index in [1.165, 1.54) is 0 Å². The molecule has 0 amide bonds. The molecule has 1 aromatic carbocycles. The van der Waals surface area contributed by atoms with Crippen LogP contribution in [0.25, 0.3) is 0 Å². The Kier molecular flexibility index (Phi) is 3.00. The summed E-state index contributed by atoms with van der Waals surface area (Å²) >= 11 is 5.64. The molecule has 0 saturated carbocycles. The van der Waals surface area contributed by atoms with Crippen molar-refractivity contribution in [3.63, 3.8) is 0 Å². The molecule has 1 aliphatic rings. The Bertz CT molecular complexity index is 425. The molecule has 1 unspecified atom stereocenters. The fraction of sp³-hybridized carbons (Fsp3) is 0.538. The van der Waals surface area contributed by atoms with Crippen molar-refractivity contribution < 1.29 is 14.6 Å². The molecule has 17 heavy (non-hydrogen) atoms. The van der Waals surface area contributed by atoms with E-state index in [9.17, 15) is 5.11 Å². The van der Waals surface area contributed by atoms with Crippen LogP contribution in [0.2, 0.25) is 0 Å². The number of alkyl halides is 1. The monoisotopic (exact) mass is 256 g/mol. The second-order valence-corrected chi connectivity index (χ2v) is 5.65. The molecular formula is C13H17ClO3. The summed E-state index contributed by atoms with van der Waals surface area (Å²) in [7, 11) is 0. The van der Waals surface area contributed by atoms with E-state index in [1.54, 1.807) is 0 Å². The maximum absolute atomic E-state index is 9.88. The molecule has 0 bridgehead atoms. The molecule has 4 heteroatoms. The highest BCUT2D eigenvalue weighted by atomic mass is 35.5. The summed E-state index contributed by atoms with van der Waals surface area (Å²) in [5.41, 5.74) is 1.22. The fourth-order valence-electron chi connectivity index (χ4n) is 1.66. The molecule has 1 aliphatic heterocycles. The minimum Gasteiger partial charge on any atom is -0.483 e. The van der Waals surface area contributed by atoms with Crippen LogP contribution in [-0.4, -0.2) is 23.4 Å². The van der Waals surface area contributed by atoms with Crippen LogP contribution in [-0.2, 0) is 5.41 Å². The van der Waals surface area contributed by atoms with Crippen LogP contribution in [0.3, 0.4) is 0 Å². The summed E-state index contributed by atoms with van der Waals surface area (Å²) in [5, 5.41) is 9.88. The highest BCUT2D eigenvalue weighted by molar-refractivity contribution is 6.18. The van der Waals surface area contributed by atoms with Crippen LogP contribution >= 0.6 is 11.6 Å². The van der Waals surface area contributed by atoms with E-state index in [4.69, 9.17) is 21.1 Å². The zero-order valence-electron chi connectivity index (χ0n) is 10.3. The molecule has 94 valence electrons. The van der Waals surface area contributed by atoms with Crippen LogP contribution in [0.15, 0.2) is 18.2 Å². The third kappa shape index (κ3) is 2.50. The molecule has 0 saturated heterocycles. The smallest absolute Gasteiger partial charge is 0.256 e. The number of rotatable bonds is 1. The van der Waals surface area contributed by atoms with Gasteiger partial charge in [0.2, 0.25) is 0 Å². The first-order valence-electron chi connectivity index (χ1n) is 5.59. The number of fused-ring (bicyclic) bond motifs is 1. The lowest BCUT2D eigenvalue weighted by molar-refractivity contribution is -0.156. The number of hydrogen-bond donors (Lipinski definition) is 1. The van der Waals surface area contributed by atoms with E-state index < -0.39 is 5.79 Å². The Morgan fingerprint density at radius 1 is 1.35 bits per heavy atom. The van der Waals surface area contributed by atoms with Gasteiger partial charge in [-0.1, -0.05) is 26.8 Å². The lowest BCUT2D eigenvalue weighted by atomic mass is 9.87. The van der Waals surface area contributed by atoms with Crippen molar-refractivity contribution >= 4 is 11.6 Å². The van der Waals surface area contributed by atoms with Gasteiger partial charge < -0.3 is 14.6 Å². The van der Waals surface area contributed by atoms with Crippen LogP contribution < -0.4 is 9.47 Å². The average molecular weight is 257 g/mol. The van der Waals surface area contributed by atoms with Gasteiger partial charge in [0.1, 0.15) is 0 Å². The van der Waals surface area contributed by atoms with Crippen LogP contribution in [0.1, 0.15) is 26.3 Å². The second kappa shape index (κ2) is 4.07. The quantitative estimate of drug-likeness (QED) is 0.786. The van der Waals surface area contributed by atoms with Gasteiger partial charge in [0.15, 0.2) is 18.1 Å². The lowest BCUT2D eigenvalue weighted by Gasteiger charge is -2.33. The van der Waals surface area contributed by atoms with E-state index in [0.29, 0.717) is 11.5 Å². The summed E-state index contributed by atoms with van der Waals surface area (Å²) in [4.78, 5) is 0. The predicted molar refractivity (Wildman–Crippen MR) is 66.9 cm³/mol. The Labute approximate surface area is 106 Å². The third-order valence-electron chi connectivity index (χ3n) is 2.77. The first-order valence-corrected chi connectivity index (χ1v) is 6.12. The van der Waals surface area contributed by atoms with Gasteiger partial charge in [-0.2, -0.15) is 0 Å². The average Bonchev–Trinajstić information content (AvgIpc) is 2.27. The van der Waals surface area contributed by atoms with E-state index in [2.05, 4.69) is 20.8 Å². The maximum Gasteiger partial charge on any atom is 0.256 e. The summed E-state index contributed by atoms with van der Waals surface area (Å²) in [6, 6.07) is 5.73. The van der Waals surface area contributed by atoms with E-state index in [1.807, 2.05) is 18.2 Å². The van der Waals surface area contributed by atoms with Gasteiger partial charge in [-0.3, -0.25) is 0 Å². The van der Waals surface area contributed by atoms with Gasteiger partial charge in [-0.25, -0.2) is 0 Å². The van der Waals surface area contributed by atoms with Gasteiger partial charge >= 0.3 is 0 Å². The molecule has 0 aromatic heterocycles. The van der Waals surface area contributed by atoms with Crippen LogP contribution in [0.4, 0.5) is 0 Å². The first kappa shape index (κ1) is 12.5. The number of aliphatic hydroxyl groups is 1. The summed E-state index contributed by atoms with van der Waals surface area (Å²) < 4.78 is 10.9. The largest absolute Gasteiger partial charge is 0.483 e. The highest BCUT2D eigenvalue weighted by Crippen LogP contribution is 2.38. The number of hydrogen-bond acceptors (Lipinski definition) is 3. The molecule has 2 rings (SSSR count). The van der Waals surface area contributed by atoms with E-state index in [-0.39, 0.29) is 17.9 Å². The van der Waals surface area contributed by atoms with Gasteiger partial charge in [-0.05, 0) is 23.1 Å². The zero-order chi connectivity index (χ0) is 12.7. The van der Waals surface area contributed by atoms with Crippen molar-refractivity contribution in [2.75, 3.05) is 12.5 Å². The second-order valence-electron chi connectivity index (χ2n) is 5.38. The molecule has 1 aromatic rings. The summed E-state index contributed by atoms with van der Waals surface area (Å²) in [5.74, 6) is -0.245. The minimum atomic E-state index is -1.42. The Morgan fingerprint density at radius 3 is 2.65 bits per heavy atom. The molecule has 0 spiro atoms. The standard InChI is InChI=1S/C13H17ClO3/c1-12(2,3)9-4-5-10-11(6-9)16-8-13(15,7-14)17-10/h4-6,15H,7-8H2,1-3H3. The topological polar surface area (TPSA) is 38.7 Å². The van der Waals surface area contributed by atoms with Crippen molar-refractivity contribution in [2.45, 2.75) is 32.0 Å². The fourth-order valence-corrected chi connectivity index (χ4v) is 1.79. The molecule has 1 heterocycles. The molecule has 1 N–H and O–H groups in total. The molecule has 0 aliphatic carbocycles. The van der Waals surface area contributed by atoms with Crippen molar-refractivity contribution in [2.24, 2.45) is 0 Å². The van der Waals surface area contributed by atoms with Gasteiger partial charge in [0, 0.05) is 0 Å². The van der Waals surface area contributed by atoms with Crippen LogP contribution in [0, 0.1) is 0 Å². The van der Waals surface area contributed by atoms with Crippen molar-refractivity contribution in [1.29, 1.82) is 0 Å². The van der Waals surface area contributed by atoms with Crippen molar-refractivity contribution in [3.8, 4) is 11.5 Å². The minimum absolute atomic E-state index is 0.0204. The van der Waals surface area contributed by atoms with E-state index >= 15 is 0 Å². The number of benzene rings is 1. The van der Waals surface area contributed by atoms with Gasteiger partial charge in [0.25, 0.3) is 5.79 Å². The first-order chi connectivity index (χ1) is 7.84.